The van der Waals surface area contributed by atoms with Gasteiger partial charge in [-0.2, -0.15) is 0 Å². The first kappa shape index (κ1) is 21.9. The number of benzene rings is 2. The van der Waals surface area contributed by atoms with Crippen LogP contribution in [-0.4, -0.2) is 40.3 Å². The van der Waals surface area contributed by atoms with Gasteiger partial charge in [-0.3, -0.25) is 4.79 Å². The standard InChI is InChI=1S/C23H22N4O3S2/c1-3-30-17-10-9-16(13-18(17)29-2)21-26-20(15-7-5-4-6-8-15)22(27-21)32-14-19(28)25-23-24-11-12-31-23/h4-13H,3,14H2,1-2H3,(H,26,27)(H,24,25,28). The molecule has 164 valence electrons. The van der Waals surface area contributed by atoms with Gasteiger partial charge in [-0.1, -0.05) is 42.1 Å². The predicted octanol–water partition coefficient (Wildman–Crippen LogP) is 5.34. The van der Waals surface area contributed by atoms with E-state index in [1.807, 2.05) is 60.8 Å². The Morgan fingerprint density at radius 2 is 2.00 bits per heavy atom. The number of methoxy groups -OCH3 is 1. The Balaban J connectivity index is 1.62. The van der Waals surface area contributed by atoms with Gasteiger partial charge in [0.25, 0.3) is 0 Å². The van der Waals surface area contributed by atoms with Crippen LogP contribution in [0.5, 0.6) is 11.5 Å². The molecular weight excluding hydrogens is 444 g/mol. The van der Waals surface area contributed by atoms with Crippen molar-refractivity contribution in [3.63, 3.8) is 0 Å². The summed E-state index contributed by atoms with van der Waals surface area (Å²) >= 11 is 2.76. The number of anilines is 1. The molecule has 0 aliphatic heterocycles. The van der Waals surface area contributed by atoms with E-state index in [1.165, 1.54) is 23.1 Å². The fourth-order valence-corrected chi connectivity index (χ4v) is 4.42. The summed E-state index contributed by atoms with van der Waals surface area (Å²) in [6.45, 7) is 2.48. The summed E-state index contributed by atoms with van der Waals surface area (Å²) in [4.78, 5) is 24.7. The zero-order valence-electron chi connectivity index (χ0n) is 17.6. The fraction of sp³-hybridized carbons (Fsp3) is 0.174. The second kappa shape index (κ2) is 10.3. The van der Waals surface area contributed by atoms with Crippen molar-refractivity contribution in [3.05, 3.63) is 60.1 Å². The highest BCUT2D eigenvalue weighted by atomic mass is 32.2. The van der Waals surface area contributed by atoms with Gasteiger partial charge in [-0.25, -0.2) is 9.97 Å². The van der Waals surface area contributed by atoms with Crippen molar-refractivity contribution in [2.45, 2.75) is 11.9 Å². The molecule has 0 saturated heterocycles. The lowest BCUT2D eigenvalue weighted by molar-refractivity contribution is -0.113. The number of carbonyl (C=O) groups is 1. The Hall–Kier alpha value is -3.30. The minimum absolute atomic E-state index is 0.128. The van der Waals surface area contributed by atoms with Gasteiger partial charge in [0.15, 0.2) is 16.6 Å². The number of rotatable bonds is 9. The van der Waals surface area contributed by atoms with Crippen molar-refractivity contribution in [2.24, 2.45) is 0 Å². The summed E-state index contributed by atoms with van der Waals surface area (Å²) in [6, 6.07) is 15.6. The normalized spacial score (nSPS) is 10.7. The van der Waals surface area contributed by atoms with Gasteiger partial charge in [0.05, 0.1) is 25.2 Å². The zero-order valence-corrected chi connectivity index (χ0v) is 19.3. The van der Waals surface area contributed by atoms with Gasteiger partial charge in [0.1, 0.15) is 10.9 Å². The van der Waals surface area contributed by atoms with Crippen LogP contribution in [0.15, 0.2) is 65.1 Å². The van der Waals surface area contributed by atoms with Crippen molar-refractivity contribution in [1.82, 2.24) is 15.0 Å². The number of imidazole rings is 1. The van der Waals surface area contributed by atoms with Crippen LogP contribution < -0.4 is 14.8 Å². The van der Waals surface area contributed by atoms with Gasteiger partial charge in [-0.05, 0) is 25.1 Å². The molecule has 0 atom stereocenters. The molecule has 2 aromatic carbocycles. The largest absolute Gasteiger partial charge is 0.493 e. The lowest BCUT2D eigenvalue weighted by atomic mass is 10.1. The zero-order chi connectivity index (χ0) is 22.3. The van der Waals surface area contributed by atoms with E-state index in [1.54, 1.807) is 13.3 Å². The average Bonchev–Trinajstić information content (AvgIpc) is 3.49. The molecule has 0 spiro atoms. The Kier molecular flexibility index (Phi) is 7.08. The van der Waals surface area contributed by atoms with Gasteiger partial charge >= 0.3 is 0 Å². The molecule has 0 saturated carbocycles. The van der Waals surface area contributed by atoms with Gasteiger partial charge in [0.2, 0.25) is 5.91 Å². The monoisotopic (exact) mass is 466 g/mol. The number of H-pyrrole nitrogens is 1. The number of ether oxygens (including phenoxy) is 2. The minimum atomic E-state index is -0.128. The number of thiazole rings is 1. The maximum atomic E-state index is 12.4. The van der Waals surface area contributed by atoms with E-state index in [9.17, 15) is 4.79 Å². The number of nitrogens with one attached hydrogen (secondary N) is 2. The second-order valence-corrected chi connectivity index (χ2v) is 8.46. The summed E-state index contributed by atoms with van der Waals surface area (Å²) in [6.07, 6.45) is 1.66. The molecule has 0 aliphatic carbocycles. The van der Waals surface area contributed by atoms with Crippen LogP contribution in [0, 0.1) is 0 Å². The quantitative estimate of drug-likeness (QED) is 0.324. The third-order valence-electron chi connectivity index (χ3n) is 4.49. The maximum absolute atomic E-state index is 12.4. The Bertz CT molecular complexity index is 1180. The number of hydrogen-bond acceptors (Lipinski definition) is 7. The van der Waals surface area contributed by atoms with Crippen LogP contribution >= 0.6 is 23.1 Å². The SMILES string of the molecule is CCOc1ccc(-c2nc(SCC(=O)Nc3nccs3)c(-c3ccccc3)[nH]2)cc1OC. The van der Waals surface area contributed by atoms with Crippen LogP contribution in [0.2, 0.25) is 0 Å². The molecule has 2 aromatic heterocycles. The summed E-state index contributed by atoms with van der Waals surface area (Å²) < 4.78 is 11.1. The molecule has 0 bridgehead atoms. The summed E-state index contributed by atoms with van der Waals surface area (Å²) in [7, 11) is 1.61. The molecule has 2 N–H and O–H groups in total. The lowest BCUT2D eigenvalue weighted by Crippen LogP contribution is -2.13. The van der Waals surface area contributed by atoms with E-state index >= 15 is 0 Å². The van der Waals surface area contributed by atoms with Crippen LogP contribution in [0.25, 0.3) is 22.6 Å². The number of aromatic amines is 1. The van der Waals surface area contributed by atoms with Crippen molar-refractivity contribution >= 4 is 34.1 Å². The average molecular weight is 467 g/mol. The van der Waals surface area contributed by atoms with Crippen LogP contribution in [0.4, 0.5) is 5.13 Å². The second-order valence-electron chi connectivity index (χ2n) is 6.60. The van der Waals surface area contributed by atoms with E-state index in [0.29, 0.717) is 29.1 Å². The Morgan fingerprint density at radius 1 is 1.16 bits per heavy atom. The molecule has 4 aromatic rings. The molecule has 2 heterocycles. The number of amides is 1. The molecule has 32 heavy (non-hydrogen) atoms. The first-order chi connectivity index (χ1) is 15.7. The molecule has 0 aliphatic rings. The lowest BCUT2D eigenvalue weighted by Gasteiger charge is -2.10. The third kappa shape index (κ3) is 5.12. The summed E-state index contributed by atoms with van der Waals surface area (Å²) in [5.41, 5.74) is 2.72. The smallest absolute Gasteiger partial charge is 0.236 e. The topological polar surface area (TPSA) is 89.1 Å². The highest BCUT2D eigenvalue weighted by Crippen LogP contribution is 2.36. The molecule has 0 unspecified atom stereocenters. The molecule has 7 nitrogen and oxygen atoms in total. The highest BCUT2D eigenvalue weighted by molar-refractivity contribution is 8.00. The van der Waals surface area contributed by atoms with Crippen LogP contribution in [-0.2, 0) is 4.79 Å². The van der Waals surface area contributed by atoms with E-state index in [4.69, 9.17) is 14.5 Å². The fourth-order valence-electron chi connectivity index (χ4n) is 3.06. The van der Waals surface area contributed by atoms with E-state index < -0.39 is 0 Å². The molecule has 4 rings (SSSR count). The van der Waals surface area contributed by atoms with Gasteiger partial charge in [-0.15, -0.1) is 11.3 Å². The van der Waals surface area contributed by atoms with Gasteiger partial charge < -0.3 is 19.8 Å². The Labute approximate surface area is 194 Å². The van der Waals surface area contributed by atoms with E-state index in [0.717, 1.165) is 21.8 Å². The van der Waals surface area contributed by atoms with E-state index in [-0.39, 0.29) is 11.7 Å². The van der Waals surface area contributed by atoms with Crippen molar-refractivity contribution < 1.29 is 14.3 Å². The van der Waals surface area contributed by atoms with E-state index in [2.05, 4.69) is 15.3 Å². The van der Waals surface area contributed by atoms with Gasteiger partial charge in [0, 0.05) is 22.7 Å². The van der Waals surface area contributed by atoms with Crippen LogP contribution in [0.1, 0.15) is 6.92 Å². The molecular formula is C23H22N4O3S2. The number of aromatic nitrogens is 3. The number of carbonyl (C=O) groups excluding carboxylic acids is 1. The summed E-state index contributed by atoms with van der Waals surface area (Å²) in [5, 5.41) is 5.95. The molecule has 9 heteroatoms. The molecule has 1 amide bonds. The molecule has 0 radical (unpaired) electrons. The number of hydrogen-bond donors (Lipinski definition) is 2. The maximum Gasteiger partial charge on any atom is 0.236 e. The van der Waals surface area contributed by atoms with Crippen molar-refractivity contribution in [3.8, 4) is 34.1 Å². The first-order valence-corrected chi connectivity index (χ1v) is 11.8. The summed E-state index contributed by atoms with van der Waals surface area (Å²) in [5.74, 6) is 2.10. The number of thioether (sulfide) groups is 1. The third-order valence-corrected chi connectivity index (χ3v) is 6.15. The highest BCUT2D eigenvalue weighted by Gasteiger charge is 2.17. The number of nitrogens with zero attached hydrogens (tertiary/aromatic N) is 2. The first-order valence-electron chi connectivity index (χ1n) is 9.96. The Morgan fingerprint density at radius 3 is 2.72 bits per heavy atom. The van der Waals surface area contributed by atoms with Crippen molar-refractivity contribution in [2.75, 3.05) is 24.8 Å². The van der Waals surface area contributed by atoms with Crippen molar-refractivity contribution in [1.29, 1.82) is 0 Å². The van der Waals surface area contributed by atoms with Crippen LogP contribution in [0.3, 0.4) is 0 Å². The predicted molar refractivity (Wildman–Crippen MR) is 129 cm³/mol. The minimum Gasteiger partial charge on any atom is -0.493 e. The molecule has 0 fully saturated rings.